The smallest absolute Gasteiger partial charge is 0.198 e. The van der Waals surface area contributed by atoms with E-state index >= 15 is 0 Å². The Labute approximate surface area is 198 Å². The predicted molar refractivity (Wildman–Crippen MR) is 142 cm³/mol. The van der Waals surface area contributed by atoms with E-state index in [9.17, 15) is 0 Å². The van der Waals surface area contributed by atoms with Crippen LogP contribution in [0.4, 0.5) is 0 Å². The number of rotatable bonds is 2. The highest BCUT2D eigenvalue weighted by Crippen LogP contribution is 2.39. The van der Waals surface area contributed by atoms with Crippen molar-refractivity contribution >= 4 is 21.5 Å². The van der Waals surface area contributed by atoms with Crippen LogP contribution in [0.15, 0.2) is 84.9 Å². The van der Waals surface area contributed by atoms with Gasteiger partial charge in [-0.1, -0.05) is 81.4 Å². The van der Waals surface area contributed by atoms with Gasteiger partial charge in [0.15, 0.2) is 5.69 Å². The van der Waals surface area contributed by atoms with Crippen LogP contribution < -0.4 is 4.57 Å². The normalized spacial score (nSPS) is 12.4. The molecule has 0 unspecified atom stereocenters. The summed E-state index contributed by atoms with van der Waals surface area (Å²) in [6.07, 6.45) is 0. The Hall–Kier alpha value is -3.45. The first-order valence-electron chi connectivity index (χ1n) is 12.2. The van der Waals surface area contributed by atoms with Crippen molar-refractivity contribution in [1.29, 1.82) is 0 Å². The molecule has 4 aromatic carbocycles. The molecule has 0 spiro atoms. The molecule has 0 aliphatic heterocycles. The maximum atomic E-state index is 8.95. The fraction of sp³-hybridized carbons (Fsp3) is 0.219. The predicted octanol–water partition coefficient (Wildman–Crippen LogP) is 8.07. The van der Waals surface area contributed by atoms with Crippen LogP contribution >= 0.6 is 0 Å². The van der Waals surface area contributed by atoms with Gasteiger partial charge < -0.3 is 0 Å². The average Bonchev–Trinajstić information content (AvgIpc) is 2.83. The van der Waals surface area contributed by atoms with Gasteiger partial charge in [0.2, 0.25) is 5.69 Å². The van der Waals surface area contributed by atoms with Crippen LogP contribution in [0.2, 0.25) is 0 Å². The number of hydrogen-bond donors (Lipinski definition) is 0. The molecule has 1 aromatic heterocycles. The summed E-state index contributed by atoms with van der Waals surface area (Å²) in [6.45, 7) is 11.2. The van der Waals surface area contributed by atoms with E-state index in [2.05, 4.69) is 119 Å². The van der Waals surface area contributed by atoms with Crippen LogP contribution in [-0.2, 0) is 12.5 Å². The van der Waals surface area contributed by atoms with E-state index in [-0.39, 0.29) is 5.41 Å². The van der Waals surface area contributed by atoms with E-state index in [1.165, 1.54) is 38.7 Å². The summed E-state index contributed by atoms with van der Waals surface area (Å²) in [6, 6.07) is 28.7. The third kappa shape index (κ3) is 3.62. The molecule has 33 heavy (non-hydrogen) atoms. The lowest BCUT2D eigenvalue weighted by Gasteiger charge is -2.24. The van der Waals surface area contributed by atoms with Gasteiger partial charge in [-0.25, -0.2) is 0 Å². The first-order valence-corrected chi connectivity index (χ1v) is 11.7. The Bertz CT molecular complexity index is 1560. The highest BCUT2D eigenvalue weighted by atomic mass is 14.9. The molecule has 0 N–H and O–H groups in total. The van der Waals surface area contributed by atoms with Crippen molar-refractivity contribution in [3.05, 3.63) is 102 Å². The van der Waals surface area contributed by atoms with Gasteiger partial charge in [0.05, 0.1) is 12.3 Å². The summed E-state index contributed by atoms with van der Waals surface area (Å²) in [5.41, 5.74) is 8.36. The van der Waals surface area contributed by atoms with E-state index in [1.54, 1.807) is 0 Å². The number of aryl methyl sites for hydroxylation is 1. The van der Waals surface area contributed by atoms with Crippen molar-refractivity contribution in [2.24, 2.45) is 7.05 Å². The maximum absolute atomic E-state index is 8.95. The van der Waals surface area contributed by atoms with Crippen molar-refractivity contribution in [1.82, 2.24) is 0 Å². The Morgan fingerprint density at radius 3 is 2.09 bits per heavy atom. The zero-order chi connectivity index (χ0) is 24.2. The van der Waals surface area contributed by atoms with Gasteiger partial charge in [-0.3, -0.25) is 0 Å². The first-order chi connectivity index (χ1) is 16.2. The highest BCUT2D eigenvalue weighted by molar-refractivity contribution is 6.01. The minimum atomic E-state index is 0.0152. The molecule has 0 aliphatic carbocycles. The van der Waals surface area contributed by atoms with Gasteiger partial charge in [-0.15, -0.1) is 0 Å². The van der Waals surface area contributed by atoms with Crippen LogP contribution in [0.1, 0.15) is 39.0 Å². The second-order valence-electron chi connectivity index (χ2n) is 10.1. The summed E-state index contributed by atoms with van der Waals surface area (Å²) in [5.74, 6) is 0. The number of pyridine rings is 1. The molecule has 164 valence electrons. The Kier molecular flexibility index (Phi) is 4.80. The molecular weight excluding hydrogens is 398 g/mol. The number of fused-ring (bicyclic) bond motifs is 2. The van der Waals surface area contributed by atoms with Crippen LogP contribution in [0, 0.1) is 13.8 Å². The lowest BCUT2D eigenvalue weighted by Crippen LogP contribution is -2.35. The monoisotopic (exact) mass is 431 g/mol. The van der Waals surface area contributed by atoms with Crippen molar-refractivity contribution in [3.8, 4) is 22.4 Å². The molecule has 0 bridgehead atoms. The Balaban J connectivity index is 1.89. The Morgan fingerprint density at radius 2 is 1.39 bits per heavy atom. The van der Waals surface area contributed by atoms with E-state index in [0.29, 0.717) is 6.04 Å². The maximum Gasteiger partial charge on any atom is 0.220 e. The van der Waals surface area contributed by atoms with Gasteiger partial charge in [0.1, 0.15) is 7.05 Å². The summed E-state index contributed by atoms with van der Waals surface area (Å²) in [7, 11) is 2.10. The largest absolute Gasteiger partial charge is 0.220 e. The van der Waals surface area contributed by atoms with Gasteiger partial charge >= 0.3 is 0 Å². The minimum absolute atomic E-state index is 0.0152. The molecule has 0 saturated carbocycles. The van der Waals surface area contributed by atoms with Crippen LogP contribution in [0.5, 0.6) is 0 Å². The van der Waals surface area contributed by atoms with Gasteiger partial charge in [0.25, 0.3) is 0 Å². The zero-order valence-electron chi connectivity index (χ0n) is 21.5. The van der Waals surface area contributed by atoms with E-state index < -0.39 is 0 Å². The quantitative estimate of drug-likeness (QED) is 0.249. The summed E-state index contributed by atoms with van der Waals surface area (Å²) in [5, 5.41) is 4.74. The first kappa shape index (κ1) is 20.2. The molecule has 5 rings (SSSR count). The molecule has 1 heteroatoms. The molecule has 1 nitrogen and oxygen atoms in total. The molecule has 0 atom stereocenters. The molecule has 1 heterocycles. The van der Waals surface area contributed by atoms with Crippen LogP contribution in [0.3, 0.4) is 0 Å². The second kappa shape index (κ2) is 7.85. The number of nitrogens with zero attached hydrogens (tertiary/aromatic N) is 1. The summed E-state index contributed by atoms with van der Waals surface area (Å²) < 4.78 is 11.2. The number of benzene rings is 4. The minimum Gasteiger partial charge on any atom is -0.198 e. The van der Waals surface area contributed by atoms with Crippen molar-refractivity contribution < 1.29 is 5.94 Å². The van der Waals surface area contributed by atoms with Gasteiger partial charge in [0, 0.05) is 13.0 Å². The van der Waals surface area contributed by atoms with Crippen LogP contribution in [-0.4, -0.2) is 0 Å². The summed E-state index contributed by atoms with van der Waals surface area (Å²) >= 11 is 0. The van der Waals surface area contributed by atoms with E-state index in [4.69, 9.17) is 1.37 Å². The van der Waals surface area contributed by atoms with Crippen molar-refractivity contribution in [3.63, 3.8) is 0 Å². The second-order valence-corrected chi connectivity index (χ2v) is 10.1. The average molecular weight is 432 g/mol. The number of hydrogen-bond acceptors (Lipinski definition) is 0. The van der Waals surface area contributed by atoms with Crippen LogP contribution in [0.25, 0.3) is 43.9 Å². The van der Waals surface area contributed by atoms with Gasteiger partial charge in [-0.05, 0) is 69.0 Å². The third-order valence-corrected chi connectivity index (χ3v) is 6.91. The standard InChI is InChI=1S/C32H32N/c1-21-18-25-19-24(23-12-8-7-9-13-23)16-17-27(25)31(33(21)6)29-20-30(32(3,4)5)28-15-11-10-14-26(28)22(29)2/h7-20H,1-6H3/q+1/i18D. The molecule has 0 fully saturated rings. The lowest BCUT2D eigenvalue weighted by molar-refractivity contribution is -0.665. The highest BCUT2D eigenvalue weighted by Gasteiger charge is 2.25. The SMILES string of the molecule is [2H]c1c(C)[n+](C)c(-c2cc(C(C)(C)C)c3ccccc3c2C)c2ccc(-c3ccccc3)cc12. The van der Waals surface area contributed by atoms with Crippen molar-refractivity contribution in [2.45, 2.75) is 40.0 Å². The molecule has 0 radical (unpaired) electrons. The fourth-order valence-electron chi connectivity index (χ4n) is 5.00. The fourth-order valence-corrected chi connectivity index (χ4v) is 5.00. The molecular formula is C32H32N+. The molecule has 0 amide bonds. The summed E-state index contributed by atoms with van der Waals surface area (Å²) in [4.78, 5) is 0. The molecule has 5 aromatic rings. The number of aromatic nitrogens is 1. The van der Waals surface area contributed by atoms with E-state index in [0.717, 1.165) is 22.0 Å². The Morgan fingerprint density at radius 1 is 0.727 bits per heavy atom. The van der Waals surface area contributed by atoms with Gasteiger partial charge in [-0.2, -0.15) is 4.57 Å². The lowest BCUT2D eigenvalue weighted by atomic mass is 9.80. The topological polar surface area (TPSA) is 3.88 Å². The third-order valence-electron chi connectivity index (χ3n) is 6.91. The zero-order valence-corrected chi connectivity index (χ0v) is 20.5. The van der Waals surface area contributed by atoms with Crippen molar-refractivity contribution in [2.75, 3.05) is 0 Å². The molecule has 0 saturated heterocycles. The molecule has 0 aliphatic rings. The van der Waals surface area contributed by atoms with E-state index in [1.807, 2.05) is 6.07 Å².